The summed E-state index contributed by atoms with van der Waals surface area (Å²) in [6.07, 6.45) is -2.49. The Morgan fingerprint density at radius 3 is 2.62 bits per heavy atom. The average molecular weight is 188 g/mol. The Hall–Kier alpha value is -1.16. The van der Waals surface area contributed by atoms with Crippen LogP contribution in [0.4, 0.5) is 8.78 Å². The molecule has 0 bridgehead atoms. The van der Waals surface area contributed by atoms with E-state index in [4.69, 9.17) is 9.84 Å². The molecule has 1 rings (SSSR count). The van der Waals surface area contributed by atoms with Gasteiger partial charge in [0.25, 0.3) is 6.43 Å². The van der Waals surface area contributed by atoms with Gasteiger partial charge in [0.15, 0.2) is 0 Å². The van der Waals surface area contributed by atoms with Crippen molar-refractivity contribution in [1.29, 1.82) is 0 Å². The van der Waals surface area contributed by atoms with Gasteiger partial charge in [0.05, 0.1) is 6.61 Å². The van der Waals surface area contributed by atoms with E-state index in [-0.39, 0.29) is 6.61 Å². The molecule has 0 saturated carbocycles. The third kappa shape index (κ3) is 2.99. The SMILES string of the molecule is OCc1ccccc1OCC(F)F. The fourth-order valence-corrected chi connectivity index (χ4v) is 0.928. The smallest absolute Gasteiger partial charge is 0.272 e. The largest absolute Gasteiger partial charge is 0.487 e. The molecule has 1 N–H and O–H groups in total. The Bertz CT molecular complexity index is 264. The van der Waals surface area contributed by atoms with Crippen LogP contribution in [0.1, 0.15) is 5.56 Å². The third-order valence-corrected chi connectivity index (χ3v) is 1.51. The molecule has 4 heteroatoms. The summed E-state index contributed by atoms with van der Waals surface area (Å²) in [7, 11) is 0. The lowest BCUT2D eigenvalue weighted by Crippen LogP contribution is -2.08. The second kappa shape index (κ2) is 4.77. The van der Waals surface area contributed by atoms with Crippen LogP contribution in [0, 0.1) is 0 Å². The lowest BCUT2D eigenvalue weighted by Gasteiger charge is -2.08. The van der Waals surface area contributed by atoms with Crippen LogP contribution < -0.4 is 4.74 Å². The standard InChI is InChI=1S/C9H10F2O2/c10-9(11)6-13-8-4-2-1-3-7(8)5-12/h1-4,9,12H,5-6H2. The van der Waals surface area contributed by atoms with Crippen LogP contribution in [0.5, 0.6) is 5.75 Å². The summed E-state index contributed by atoms with van der Waals surface area (Å²) >= 11 is 0. The highest BCUT2D eigenvalue weighted by Gasteiger charge is 2.06. The molecule has 0 heterocycles. The van der Waals surface area contributed by atoms with E-state index in [1.54, 1.807) is 24.3 Å². The Balaban J connectivity index is 2.64. The van der Waals surface area contributed by atoms with Crippen LogP contribution in [-0.4, -0.2) is 18.1 Å². The number of ether oxygens (including phenoxy) is 1. The Labute approximate surface area is 74.8 Å². The minimum atomic E-state index is -2.49. The van der Waals surface area contributed by atoms with Gasteiger partial charge < -0.3 is 9.84 Å². The highest BCUT2D eigenvalue weighted by molar-refractivity contribution is 5.32. The zero-order valence-corrected chi connectivity index (χ0v) is 6.91. The van der Waals surface area contributed by atoms with Gasteiger partial charge in [-0.3, -0.25) is 0 Å². The molecule has 0 saturated heterocycles. The van der Waals surface area contributed by atoms with Gasteiger partial charge in [-0.2, -0.15) is 0 Å². The molecule has 0 radical (unpaired) electrons. The number of rotatable bonds is 4. The van der Waals surface area contributed by atoms with Crippen molar-refractivity contribution < 1.29 is 18.6 Å². The maximum absolute atomic E-state index is 11.8. The molecule has 72 valence electrons. The Morgan fingerprint density at radius 2 is 2.00 bits per heavy atom. The van der Waals surface area contributed by atoms with Crippen molar-refractivity contribution in [3.63, 3.8) is 0 Å². The zero-order chi connectivity index (χ0) is 9.68. The first kappa shape index (κ1) is 9.92. The molecule has 0 spiro atoms. The minimum Gasteiger partial charge on any atom is -0.487 e. The van der Waals surface area contributed by atoms with Crippen molar-refractivity contribution in [3.05, 3.63) is 29.8 Å². The van der Waals surface area contributed by atoms with Crippen LogP contribution in [0.3, 0.4) is 0 Å². The van der Waals surface area contributed by atoms with Gasteiger partial charge in [0, 0.05) is 5.56 Å². The number of aliphatic hydroxyl groups excluding tert-OH is 1. The molecule has 0 aliphatic carbocycles. The van der Waals surface area contributed by atoms with E-state index in [0.29, 0.717) is 11.3 Å². The lowest BCUT2D eigenvalue weighted by atomic mass is 10.2. The molecule has 1 aromatic rings. The van der Waals surface area contributed by atoms with Gasteiger partial charge in [-0.1, -0.05) is 18.2 Å². The summed E-state index contributed by atoms with van der Waals surface area (Å²) in [5.41, 5.74) is 0.517. The van der Waals surface area contributed by atoms with E-state index in [1.807, 2.05) is 0 Å². The first-order valence-corrected chi connectivity index (χ1v) is 3.83. The summed E-state index contributed by atoms with van der Waals surface area (Å²) in [6, 6.07) is 6.55. The second-order valence-corrected chi connectivity index (χ2v) is 2.47. The predicted molar refractivity (Wildman–Crippen MR) is 43.9 cm³/mol. The second-order valence-electron chi connectivity index (χ2n) is 2.47. The van der Waals surface area contributed by atoms with Crippen molar-refractivity contribution in [2.45, 2.75) is 13.0 Å². The maximum Gasteiger partial charge on any atom is 0.272 e. The molecule has 0 fully saturated rings. The third-order valence-electron chi connectivity index (χ3n) is 1.51. The molecular formula is C9H10F2O2. The van der Waals surface area contributed by atoms with Gasteiger partial charge >= 0.3 is 0 Å². The molecular weight excluding hydrogens is 178 g/mol. The molecule has 2 nitrogen and oxygen atoms in total. The minimum absolute atomic E-state index is 0.209. The first-order chi connectivity index (χ1) is 6.24. The number of hydrogen-bond acceptors (Lipinski definition) is 2. The molecule has 0 unspecified atom stereocenters. The van der Waals surface area contributed by atoms with E-state index < -0.39 is 13.0 Å². The zero-order valence-electron chi connectivity index (χ0n) is 6.91. The molecule has 0 atom stereocenters. The molecule has 1 aromatic carbocycles. The highest BCUT2D eigenvalue weighted by Crippen LogP contribution is 2.17. The monoisotopic (exact) mass is 188 g/mol. The van der Waals surface area contributed by atoms with Gasteiger partial charge in [0.1, 0.15) is 12.4 Å². The highest BCUT2D eigenvalue weighted by atomic mass is 19.3. The van der Waals surface area contributed by atoms with Crippen LogP contribution in [0.25, 0.3) is 0 Å². The number of hydrogen-bond donors (Lipinski definition) is 1. The van der Waals surface area contributed by atoms with Crippen molar-refractivity contribution in [2.24, 2.45) is 0 Å². The van der Waals surface area contributed by atoms with Gasteiger partial charge in [-0.05, 0) is 6.07 Å². The van der Waals surface area contributed by atoms with E-state index in [1.165, 1.54) is 0 Å². The van der Waals surface area contributed by atoms with Crippen molar-refractivity contribution in [1.82, 2.24) is 0 Å². The molecule has 13 heavy (non-hydrogen) atoms. The number of benzene rings is 1. The number of halogens is 2. The number of aliphatic hydroxyl groups is 1. The maximum atomic E-state index is 11.8. The van der Waals surface area contributed by atoms with Crippen LogP contribution in [0.15, 0.2) is 24.3 Å². The van der Waals surface area contributed by atoms with E-state index in [2.05, 4.69) is 0 Å². The molecule has 0 amide bonds. The molecule has 0 aromatic heterocycles. The quantitative estimate of drug-likeness (QED) is 0.781. The van der Waals surface area contributed by atoms with Crippen LogP contribution in [-0.2, 0) is 6.61 Å². The van der Waals surface area contributed by atoms with E-state index in [0.717, 1.165) is 0 Å². The first-order valence-electron chi connectivity index (χ1n) is 3.83. The van der Waals surface area contributed by atoms with Crippen molar-refractivity contribution >= 4 is 0 Å². The Kier molecular flexibility index (Phi) is 3.64. The van der Waals surface area contributed by atoms with Gasteiger partial charge in [-0.25, -0.2) is 8.78 Å². The molecule has 0 aliphatic heterocycles. The number of para-hydroxylation sites is 1. The van der Waals surface area contributed by atoms with Gasteiger partial charge in [0.2, 0.25) is 0 Å². The summed E-state index contributed by atoms with van der Waals surface area (Å²) in [4.78, 5) is 0. The van der Waals surface area contributed by atoms with Crippen LogP contribution in [0.2, 0.25) is 0 Å². The van der Waals surface area contributed by atoms with Crippen LogP contribution >= 0.6 is 0 Å². The topological polar surface area (TPSA) is 29.5 Å². The number of alkyl halides is 2. The summed E-state index contributed by atoms with van der Waals surface area (Å²) in [5.74, 6) is 0.310. The average Bonchev–Trinajstić information content (AvgIpc) is 2.15. The van der Waals surface area contributed by atoms with Gasteiger partial charge in [-0.15, -0.1) is 0 Å². The Morgan fingerprint density at radius 1 is 1.31 bits per heavy atom. The predicted octanol–water partition coefficient (Wildman–Crippen LogP) is 1.82. The fraction of sp³-hybridized carbons (Fsp3) is 0.333. The summed E-state index contributed by atoms with van der Waals surface area (Å²) < 4.78 is 28.3. The van der Waals surface area contributed by atoms with Crippen molar-refractivity contribution in [3.8, 4) is 5.75 Å². The summed E-state index contributed by atoms with van der Waals surface area (Å²) in [6.45, 7) is -0.851. The lowest BCUT2D eigenvalue weighted by molar-refractivity contribution is 0.0806. The fourth-order valence-electron chi connectivity index (χ4n) is 0.928. The van der Waals surface area contributed by atoms with Crippen molar-refractivity contribution in [2.75, 3.05) is 6.61 Å². The normalized spacial score (nSPS) is 10.5. The molecule has 0 aliphatic rings. The summed E-state index contributed by atoms with van der Waals surface area (Å²) in [5, 5.41) is 8.82. The van der Waals surface area contributed by atoms with E-state index in [9.17, 15) is 8.78 Å². The van der Waals surface area contributed by atoms with E-state index >= 15 is 0 Å².